The van der Waals surface area contributed by atoms with Crippen molar-refractivity contribution in [1.29, 1.82) is 0 Å². The van der Waals surface area contributed by atoms with Crippen LogP contribution in [-0.4, -0.2) is 35.7 Å². The van der Waals surface area contributed by atoms with Crippen LogP contribution >= 0.6 is 0 Å². The van der Waals surface area contributed by atoms with E-state index in [1.165, 1.54) is 0 Å². The van der Waals surface area contributed by atoms with Gasteiger partial charge in [-0.1, -0.05) is 6.92 Å². The topological polar surface area (TPSA) is 12.5 Å². The van der Waals surface area contributed by atoms with E-state index in [1.807, 2.05) is 0 Å². The van der Waals surface area contributed by atoms with Gasteiger partial charge in [0.2, 0.25) is 0 Å². The Labute approximate surface area is 75.9 Å². The number of nitrogens with zero attached hydrogens (tertiary/aromatic N) is 1. The minimum absolute atomic E-state index is 0.371. The van der Waals surface area contributed by atoms with E-state index in [2.05, 4.69) is 39.5 Å². The molecule has 0 spiro atoms. The molecule has 0 aliphatic carbocycles. The standard InChI is InChI=1S/C10H21NO/c1-6-11-7(2)9(4)12-10(5)8(11)3/h7-10H,6H2,1-5H3. The van der Waals surface area contributed by atoms with Gasteiger partial charge in [0.15, 0.2) is 0 Å². The first-order valence-electron chi connectivity index (χ1n) is 4.99. The van der Waals surface area contributed by atoms with Crippen molar-refractivity contribution < 1.29 is 4.74 Å². The van der Waals surface area contributed by atoms with Gasteiger partial charge in [-0.15, -0.1) is 0 Å². The van der Waals surface area contributed by atoms with Gasteiger partial charge in [-0.05, 0) is 34.2 Å². The number of morpholine rings is 1. The molecule has 1 rings (SSSR count). The second kappa shape index (κ2) is 3.75. The minimum atomic E-state index is 0.371. The molecule has 0 aromatic rings. The molecule has 0 saturated carbocycles. The van der Waals surface area contributed by atoms with Crippen molar-refractivity contribution in [3.8, 4) is 0 Å². The van der Waals surface area contributed by atoms with Gasteiger partial charge >= 0.3 is 0 Å². The third-order valence-electron chi connectivity index (χ3n) is 3.20. The van der Waals surface area contributed by atoms with E-state index in [0.717, 1.165) is 6.54 Å². The molecule has 1 heterocycles. The van der Waals surface area contributed by atoms with Crippen LogP contribution in [-0.2, 0) is 4.74 Å². The molecule has 0 radical (unpaired) electrons. The lowest BCUT2D eigenvalue weighted by Crippen LogP contribution is -2.56. The number of hydrogen-bond acceptors (Lipinski definition) is 2. The first-order valence-corrected chi connectivity index (χ1v) is 4.99. The third-order valence-corrected chi connectivity index (χ3v) is 3.20. The molecule has 0 bridgehead atoms. The minimum Gasteiger partial charge on any atom is -0.372 e. The average molecular weight is 171 g/mol. The molecule has 2 heteroatoms. The molecule has 1 aliphatic rings. The predicted molar refractivity (Wildman–Crippen MR) is 51.3 cm³/mol. The zero-order chi connectivity index (χ0) is 9.30. The maximum Gasteiger partial charge on any atom is 0.0704 e. The summed E-state index contributed by atoms with van der Waals surface area (Å²) in [7, 11) is 0. The summed E-state index contributed by atoms with van der Waals surface area (Å²) in [5, 5.41) is 0. The zero-order valence-corrected chi connectivity index (χ0v) is 8.87. The lowest BCUT2D eigenvalue weighted by Gasteiger charge is -2.45. The van der Waals surface area contributed by atoms with E-state index in [9.17, 15) is 0 Å². The fourth-order valence-corrected chi connectivity index (χ4v) is 2.05. The summed E-state index contributed by atoms with van der Waals surface area (Å²) in [5.74, 6) is 0. The summed E-state index contributed by atoms with van der Waals surface area (Å²) in [4.78, 5) is 2.51. The second-order valence-electron chi connectivity index (χ2n) is 3.86. The SMILES string of the molecule is CCN1C(C)C(C)OC(C)C1C. The third kappa shape index (κ3) is 1.64. The van der Waals surface area contributed by atoms with Crippen LogP contribution < -0.4 is 0 Å². The van der Waals surface area contributed by atoms with Crippen LogP contribution in [0.15, 0.2) is 0 Å². The Balaban J connectivity index is 2.67. The van der Waals surface area contributed by atoms with Crippen molar-refractivity contribution in [3.05, 3.63) is 0 Å². The molecular weight excluding hydrogens is 150 g/mol. The quantitative estimate of drug-likeness (QED) is 0.597. The monoisotopic (exact) mass is 171 g/mol. The van der Waals surface area contributed by atoms with Gasteiger partial charge in [0, 0.05) is 12.1 Å². The fourth-order valence-electron chi connectivity index (χ4n) is 2.05. The molecule has 0 amide bonds. The summed E-state index contributed by atoms with van der Waals surface area (Å²) in [6, 6.07) is 1.11. The van der Waals surface area contributed by atoms with Crippen LogP contribution in [0.2, 0.25) is 0 Å². The van der Waals surface area contributed by atoms with Crippen molar-refractivity contribution >= 4 is 0 Å². The van der Waals surface area contributed by atoms with Crippen LogP contribution in [0.1, 0.15) is 34.6 Å². The molecule has 2 nitrogen and oxygen atoms in total. The molecule has 0 aromatic carbocycles. The van der Waals surface area contributed by atoms with Crippen molar-refractivity contribution in [2.45, 2.75) is 58.9 Å². The van der Waals surface area contributed by atoms with Gasteiger partial charge in [0.25, 0.3) is 0 Å². The summed E-state index contributed by atoms with van der Waals surface area (Å²) in [5.41, 5.74) is 0. The molecule has 1 saturated heterocycles. The number of ether oxygens (including phenoxy) is 1. The number of likely N-dealkylation sites (N-methyl/N-ethyl adjacent to an activating group) is 1. The molecule has 1 aliphatic heterocycles. The van der Waals surface area contributed by atoms with Gasteiger partial charge < -0.3 is 4.74 Å². The smallest absolute Gasteiger partial charge is 0.0704 e. The van der Waals surface area contributed by atoms with Gasteiger partial charge in [0.05, 0.1) is 12.2 Å². The van der Waals surface area contributed by atoms with Crippen molar-refractivity contribution in [3.63, 3.8) is 0 Å². The summed E-state index contributed by atoms with van der Waals surface area (Å²) >= 11 is 0. The molecule has 0 aromatic heterocycles. The van der Waals surface area contributed by atoms with Gasteiger partial charge in [0.1, 0.15) is 0 Å². The van der Waals surface area contributed by atoms with Gasteiger partial charge in [-0.2, -0.15) is 0 Å². The molecule has 4 atom stereocenters. The van der Waals surface area contributed by atoms with E-state index in [-0.39, 0.29) is 0 Å². The maximum absolute atomic E-state index is 5.80. The Morgan fingerprint density at radius 3 is 1.75 bits per heavy atom. The van der Waals surface area contributed by atoms with Gasteiger partial charge in [-0.25, -0.2) is 0 Å². The first kappa shape index (κ1) is 10.0. The molecule has 0 N–H and O–H groups in total. The molecule has 72 valence electrons. The van der Waals surface area contributed by atoms with Gasteiger partial charge in [-0.3, -0.25) is 4.90 Å². The highest BCUT2D eigenvalue weighted by Gasteiger charge is 2.33. The molecular formula is C10H21NO. The van der Waals surface area contributed by atoms with E-state index in [4.69, 9.17) is 4.74 Å². The molecule has 1 fully saturated rings. The van der Waals surface area contributed by atoms with E-state index in [1.54, 1.807) is 0 Å². The van der Waals surface area contributed by atoms with Crippen molar-refractivity contribution in [1.82, 2.24) is 4.90 Å². The Hall–Kier alpha value is -0.0800. The lowest BCUT2D eigenvalue weighted by molar-refractivity contribution is -0.127. The second-order valence-corrected chi connectivity index (χ2v) is 3.86. The van der Waals surface area contributed by atoms with E-state index >= 15 is 0 Å². The highest BCUT2D eigenvalue weighted by Crippen LogP contribution is 2.22. The van der Waals surface area contributed by atoms with Crippen molar-refractivity contribution in [2.75, 3.05) is 6.54 Å². The molecule has 4 unspecified atom stereocenters. The van der Waals surface area contributed by atoms with Crippen LogP contribution in [0.25, 0.3) is 0 Å². The summed E-state index contributed by atoms with van der Waals surface area (Å²) in [6.45, 7) is 12.2. The molecule has 12 heavy (non-hydrogen) atoms. The zero-order valence-electron chi connectivity index (χ0n) is 8.87. The Bertz CT molecular complexity index is 135. The van der Waals surface area contributed by atoms with Crippen LogP contribution in [0.5, 0.6) is 0 Å². The fraction of sp³-hybridized carbons (Fsp3) is 1.00. The van der Waals surface area contributed by atoms with Crippen LogP contribution in [0, 0.1) is 0 Å². The summed E-state index contributed by atoms with van der Waals surface area (Å²) < 4.78 is 5.80. The van der Waals surface area contributed by atoms with E-state index < -0.39 is 0 Å². The number of rotatable bonds is 1. The lowest BCUT2D eigenvalue weighted by atomic mass is 10.0. The average Bonchev–Trinajstić information content (AvgIpc) is 2.02. The number of hydrogen-bond donors (Lipinski definition) is 0. The Morgan fingerprint density at radius 2 is 1.42 bits per heavy atom. The van der Waals surface area contributed by atoms with E-state index in [0.29, 0.717) is 24.3 Å². The normalized spacial score (nSPS) is 44.8. The largest absolute Gasteiger partial charge is 0.372 e. The highest BCUT2D eigenvalue weighted by atomic mass is 16.5. The Kier molecular flexibility index (Phi) is 3.13. The van der Waals surface area contributed by atoms with Crippen molar-refractivity contribution in [2.24, 2.45) is 0 Å². The maximum atomic E-state index is 5.80. The summed E-state index contributed by atoms with van der Waals surface area (Å²) in [6.07, 6.45) is 0.743. The highest BCUT2D eigenvalue weighted by molar-refractivity contribution is 4.86. The first-order chi connectivity index (χ1) is 5.57. The van der Waals surface area contributed by atoms with Crippen LogP contribution in [0.4, 0.5) is 0 Å². The van der Waals surface area contributed by atoms with Crippen LogP contribution in [0.3, 0.4) is 0 Å². The Morgan fingerprint density at radius 1 is 1.00 bits per heavy atom. The predicted octanol–water partition coefficient (Wildman–Crippen LogP) is 1.89.